The minimum absolute atomic E-state index is 0.202. The molecule has 3 aromatic rings. The number of nitrogens with zero attached hydrogens (tertiary/aromatic N) is 2. The van der Waals surface area contributed by atoms with E-state index in [4.69, 9.17) is 16.3 Å². The lowest BCUT2D eigenvalue weighted by molar-refractivity contribution is -0.116. The Morgan fingerprint density at radius 1 is 1.30 bits per heavy atom. The molecule has 2 heterocycles. The molecule has 0 spiro atoms. The fraction of sp³-hybridized carbons (Fsp3) is 0.333. The molecule has 0 bridgehead atoms. The number of benzene rings is 1. The van der Waals surface area contributed by atoms with E-state index >= 15 is 0 Å². The number of nitrogens with one attached hydrogen (secondary N) is 1. The molecular weight excluding hydrogens is 426 g/mol. The number of esters is 1. The lowest BCUT2D eigenvalue weighted by Gasteiger charge is -2.10. The zero-order valence-corrected chi connectivity index (χ0v) is 18.7. The van der Waals surface area contributed by atoms with Crippen molar-refractivity contribution >= 4 is 50.7 Å². The van der Waals surface area contributed by atoms with Gasteiger partial charge in [-0.15, -0.1) is 11.3 Å². The highest BCUT2D eigenvalue weighted by atomic mass is 35.5. The largest absolute Gasteiger partial charge is 0.461 e. The van der Waals surface area contributed by atoms with Crippen LogP contribution in [0.25, 0.3) is 10.2 Å². The van der Waals surface area contributed by atoms with Crippen molar-refractivity contribution in [3.63, 3.8) is 0 Å². The van der Waals surface area contributed by atoms with Gasteiger partial charge in [0.2, 0.25) is 5.91 Å². The minimum atomic E-state index is -0.467. The Kier molecular flexibility index (Phi) is 6.58. The van der Waals surface area contributed by atoms with Crippen LogP contribution in [0, 0.1) is 19.8 Å². The topological polar surface area (TPSA) is 90.3 Å². The van der Waals surface area contributed by atoms with E-state index < -0.39 is 5.97 Å². The molecule has 1 N–H and O–H groups in total. The van der Waals surface area contributed by atoms with Gasteiger partial charge in [0.25, 0.3) is 5.56 Å². The Hall–Kier alpha value is -2.71. The number of fused-ring (bicyclic) bond motifs is 1. The van der Waals surface area contributed by atoms with Gasteiger partial charge in [-0.2, -0.15) is 0 Å². The van der Waals surface area contributed by atoms with Crippen molar-refractivity contribution in [2.24, 2.45) is 5.92 Å². The van der Waals surface area contributed by atoms with Gasteiger partial charge >= 0.3 is 5.97 Å². The molecule has 30 heavy (non-hydrogen) atoms. The summed E-state index contributed by atoms with van der Waals surface area (Å²) in [6.45, 7) is 7.51. The lowest BCUT2D eigenvalue weighted by atomic mass is 10.2. The van der Waals surface area contributed by atoms with E-state index in [-0.39, 0.29) is 23.9 Å². The van der Waals surface area contributed by atoms with Crippen LogP contribution in [0.3, 0.4) is 0 Å². The number of carbonyl (C=O) groups excluding carboxylic acids is 2. The molecule has 1 amide bonds. The average Bonchev–Trinajstić information content (AvgIpc) is 3.01. The number of amides is 1. The van der Waals surface area contributed by atoms with Crippen LogP contribution in [0.1, 0.15) is 34.6 Å². The van der Waals surface area contributed by atoms with Crippen molar-refractivity contribution < 1.29 is 14.3 Å². The fourth-order valence-corrected chi connectivity index (χ4v) is 4.15. The summed E-state index contributed by atoms with van der Waals surface area (Å²) in [7, 11) is 0. The van der Waals surface area contributed by atoms with E-state index in [1.807, 2.05) is 20.8 Å². The number of carbonyl (C=O) groups is 2. The maximum atomic E-state index is 12.9. The predicted octanol–water partition coefficient (Wildman–Crippen LogP) is 4.18. The first-order valence-corrected chi connectivity index (χ1v) is 10.6. The van der Waals surface area contributed by atoms with E-state index in [2.05, 4.69) is 10.3 Å². The van der Waals surface area contributed by atoms with Gasteiger partial charge in [-0.3, -0.25) is 14.2 Å². The standard InChI is InChI=1S/C21H22ClN3O4S/c1-11(2)9-29-21(28)18-13(4)17-19(30-18)23-10-25(20(17)27)8-16(26)24-15-6-5-14(22)7-12(15)3/h5-7,10-11H,8-9H2,1-4H3,(H,24,26). The van der Waals surface area contributed by atoms with Gasteiger partial charge in [0.15, 0.2) is 0 Å². The smallest absolute Gasteiger partial charge is 0.348 e. The minimum Gasteiger partial charge on any atom is -0.461 e. The zero-order valence-electron chi connectivity index (χ0n) is 17.1. The Morgan fingerprint density at radius 3 is 2.70 bits per heavy atom. The summed E-state index contributed by atoms with van der Waals surface area (Å²) in [6, 6.07) is 5.13. The number of hydrogen-bond acceptors (Lipinski definition) is 6. The first-order chi connectivity index (χ1) is 14.2. The van der Waals surface area contributed by atoms with Gasteiger partial charge in [0, 0.05) is 10.7 Å². The Bertz CT molecular complexity index is 1180. The van der Waals surface area contributed by atoms with Crippen LogP contribution < -0.4 is 10.9 Å². The van der Waals surface area contributed by atoms with Crippen molar-refractivity contribution in [2.75, 3.05) is 11.9 Å². The summed E-state index contributed by atoms with van der Waals surface area (Å²) in [5.74, 6) is -0.624. The third-order valence-corrected chi connectivity index (χ3v) is 5.84. The molecule has 1 aromatic carbocycles. The number of ether oxygens (including phenoxy) is 1. The first kappa shape index (κ1) is 22.0. The maximum Gasteiger partial charge on any atom is 0.348 e. The molecular formula is C21H22ClN3O4S. The van der Waals surface area contributed by atoms with Crippen LogP contribution in [0.2, 0.25) is 5.02 Å². The highest BCUT2D eigenvalue weighted by Crippen LogP contribution is 2.27. The number of thiophene rings is 1. The number of anilines is 1. The molecule has 158 valence electrons. The summed E-state index contributed by atoms with van der Waals surface area (Å²) in [5, 5.41) is 3.67. The van der Waals surface area contributed by atoms with Crippen molar-refractivity contribution in [3.8, 4) is 0 Å². The summed E-state index contributed by atoms with van der Waals surface area (Å²) >= 11 is 7.05. The maximum absolute atomic E-state index is 12.9. The average molecular weight is 448 g/mol. The van der Waals surface area contributed by atoms with Gasteiger partial charge < -0.3 is 10.1 Å². The van der Waals surface area contributed by atoms with Crippen molar-refractivity contribution in [3.05, 3.63) is 55.9 Å². The molecule has 0 saturated heterocycles. The molecule has 7 nitrogen and oxygen atoms in total. The van der Waals surface area contributed by atoms with E-state index in [1.165, 1.54) is 10.9 Å². The summed E-state index contributed by atoms with van der Waals surface area (Å²) in [4.78, 5) is 42.8. The number of aryl methyl sites for hydroxylation is 2. The second-order valence-corrected chi connectivity index (χ2v) is 8.85. The number of rotatable bonds is 6. The number of halogens is 1. The predicted molar refractivity (Wildman–Crippen MR) is 119 cm³/mol. The van der Waals surface area contributed by atoms with E-state index in [1.54, 1.807) is 25.1 Å². The molecule has 0 aliphatic carbocycles. The quantitative estimate of drug-likeness (QED) is 0.572. The van der Waals surface area contributed by atoms with Crippen LogP contribution in [-0.4, -0.2) is 28.0 Å². The van der Waals surface area contributed by atoms with Crippen LogP contribution >= 0.6 is 22.9 Å². The molecule has 0 saturated carbocycles. The second-order valence-electron chi connectivity index (χ2n) is 7.41. The van der Waals surface area contributed by atoms with Gasteiger partial charge in [-0.05, 0) is 49.1 Å². The normalized spacial score (nSPS) is 11.1. The van der Waals surface area contributed by atoms with Crippen molar-refractivity contribution in [1.82, 2.24) is 9.55 Å². The monoisotopic (exact) mass is 447 g/mol. The van der Waals surface area contributed by atoms with Crippen LogP contribution in [0.5, 0.6) is 0 Å². The van der Waals surface area contributed by atoms with Crippen LogP contribution in [0.15, 0.2) is 29.3 Å². The van der Waals surface area contributed by atoms with Gasteiger partial charge in [-0.25, -0.2) is 9.78 Å². The SMILES string of the molecule is Cc1cc(Cl)ccc1NC(=O)Cn1cnc2sc(C(=O)OCC(C)C)c(C)c2c1=O. The molecule has 0 fully saturated rings. The number of aromatic nitrogens is 2. The van der Waals surface area contributed by atoms with E-state index in [9.17, 15) is 14.4 Å². The summed E-state index contributed by atoms with van der Waals surface area (Å²) in [6.07, 6.45) is 1.32. The number of hydrogen-bond donors (Lipinski definition) is 1. The van der Waals surface area contributed by atoms with Crippen LogP contribution in [-0.2, 0) is 16.1 Å². The molecule has 0 atom stereocenters. The first-order valence-electron chi connectivity index (χ1n) is 9.39. The highest BCUT2D eigenvalue weighted by Gasteiger charge is 2.21. The molecule has 2 aromatic heterocycles. The Labute approximate surface area is 182 Å². The summed E-state index contributed by atoms with van der Waals surface area (Å²) in [5.41, 5.74) is 1.58. The summed E-state index contributed by atoms with van der Waals surface area (Å²) < 4.78 is 6.51. The molecule has 3 rings (SSSR count). The Morgan fingerprint density at radius 2 is 2.03 bits per heavy atom. The van der Waals surface area contributed by atoms with Crippen molar-refractivity contribution in [1.29, 1.82) is 0 Å². The third kappa shape index (κ3) is 4.71. The Balaban J connectivity index is 1.84. The van der Waals surface area contributed by atoms with E-state index in [0.717, 1.165) is 16.9 Å². The highest BCUT2D eigenvalue weighted by molar-refractivity contribution is 7.20. The van der Waals surface area contributed by atoms with Crippen LogP contribution in [0.4, 0.5) is 5.69 Å². The third-order valence-electron chi connectivity index (χ3n) is 4.43. The van der Waals surface area contributed by atoms with Gasteiger partial charge in [0.05, 0.1) is 18.3 Å². The second kappa shape index (κ2) is 8.97. The van der Waals surface area contributed by atoms with Crippen molar-refractivity contribution in [2.45, 2.75) is 34.2 Å². The fourth-order valence-electron chi connectivity index (χ4n) is 2.89. The molecule has 0 aliphatic rings. The van der Waals surface area contributed by atoms with Gasteiger partial charge in [0.1, 0.15) is 16.3 Å². The molecule has 0 aliphatic heterocycles. The lowest BCUT2D eigenvalue weighted by Crippen LogP contribution is -2.28. The molecule has 0 unspecified atom stereocenters. The van der Waals surface area contributed by atoms with E-state index in [0.29, 0.717) is 38.0 Å². The van der Waals surface area contributed by atoms with Gasteiger partial charge in [-0.1, -0.05) is 25.4 Å². The zero-order chi connectivity index (χ0) is 22.0. The molecule has 9 heteroatoms. The molecule has 0 radical (unpaired) electrons.